The Labute approximate surface area is 132 Å². The number of oxazole rings is 1. The van der Waals surface area contributed by atoms with E-state index in [2.05, 4.69) is 41.4 Å². The van der Waals surface area contributed by atoms with Gasteiger partial charge in [-0.2, -0.15) is 0 Å². The van der Waals surface area contributed by atoms with Crippen LogP contribution in [0.2, 0.25) is 0 Å². The minimum Gasteiger partial charge on any atom is -0.443 e. The van der Waals surface area contributed by atoms with E-state index in [0.717, 1.165) is 24.8 Å². The number of rotatable bonds is 4. The predicted octanol–water partition coefficient (Wildman–Crippen LogP) is 2.67. The van der Waals surface area contributed by atoms with Gasteiger partial charge in [-0.15, -0.1) is 24.0 Å². The highest BCUT2D eigenvalue weighted by Gasteiger charge is 2.18. The number of guanidine groups is 1. The van der Waals surface area contributed by atoms with Gasteiger partial charge in [-0.05, 0) is 13.8 Å². The zero-order valence-electron chi connectivity index (χ0n) is 12.4. The van der Waals surface area contributed by atoms with Gasteiger partial charge in [0.2, 0.25) is 5.89 Å². The van der Waals surface area contributed by atoms with E-state index in [1.807, 2.05) is 13.8 Å². The van der Waals surface area contributed by atoms with E-state index in [9.17, 15) is 0 Å². The third kappa shape index (κ3) is 6.26. The number of halogens is 1. The summed E-state index contributed by atoms with van der Waals surface area (Å²) in [5.41, 5.74) is -0.0128. The van der Waals surface area contributed by atoms with Crippen LogP contribution in [-0.2, 0) is 12.0 Å². The molecular weight excluding hydrogens is 355 g/mol. The van der Waals surface area contributed by atoms with Crippen molar-refractivity contribution in [3.05, 3.63) is 17.8 Å². The highest BCUT2D eigenvalue weighted by Crippen LogP contribution is 2.22. The molecule has 19 heavy (non-hydrogen) atoms. The smallest absolute Gasteiger partial charge is 0.216 e. The van der Waals surface area contributed by atoms with Crippen LogP contribution in [0.5, 0.6) is 0 Å². The average molecular weight is 380 g/mol. The quantitative estimate of drug-likeness (QED) is 0.479. The molecule has 1 aromatic rings. The zero-order valence-corrected chi connectivity index (χ0v) is 14.7. The van der Waals surface area contributed by atoms with Gasteiger partial charge in [0.1, 0.15) is 12.3 Å². The molecule has 5 nitrogen and oxygen atoms in total. The van der Waals surface area contributed by atoms with Crippen molar-refractivity contribution in [1.29, 1.82) is 0 Å². The number of nitrogens with zero attached hydrogens (tertiary/aromatic N) is 2. The van der Waals surface area contributed by atoms with Crippen LogP contribution >= 0.6 is 24.0 Å². The molecule has 0 unspecified atom stereocenters. The number of aromatic nitrogens is 1. The molecule has 1 heterocycles. The van der Waals surface area contributed by atoms with E-state index in [-0.39, 0.29) is 29.4 Å². The fraction of sp³-hybridized carbons (Fsp3) is 0.692. The summed E-state index contributed by atoms with van der Waals surface area (Å²) in [6, 6.07) is 0. The topological polar surface area (TPSA) is 62.5 Å². The molecule has 0 aliphatic carbocycles. The Hall–Kier alpha value is -0.790. The van der Waals surface area contributed by atoms with Crippen molar-refractivity contribution in [2.75, 3.05) is 13.1 Å². The van der Waals surface area contributed by atoms with Crippen molar-refractivity contribution in [3.8, 4) is 0 Å². The summed E-state index contributed by atoms with van der Waals surface area (Å²) < 4.78 is 5.68. The van der Waals surface area contributed by atoms with Crippen LogP contribution < -0.4 is 10.6 Å². The molecule has 0 aromatic carbocycles. The molecule has 0 fully saturated rings. The number of nitrogens with one attached hydrogen (secondary N) is 2. The third-order valence-electron chi connectivity index (χ3n) is 2.35. The normalized spacial score (nSPS) is 10.6. The summed E-state index contributed by atoms with van der Waals surface area (Å²) in [6.07, 6.45) is 1.78. The molecule has 0 amide bonds. The minimum atomic E-state index is -0.0128. The maximum absolute atomic E-state index is 5.68. The molecule has 0 spiro atoms. The number of hydrogen-bond donors (Lipinski definition) is 2. The number of aliphatic imine (C=N–C) groups is 1. The minimum absolute atomic E-state index is 0. The Morgan fingerprint density at radius 2 is 1.84 bits per heavy atom. The third-order valence-corrected chi connectivity index (χ3v) is 2.35. The van der Waals surface area contributed by atoms with Crippen LogP contribution in [0.3, 0.4) is 0 Å². The van der Waals surface area contributed by atoms with Gasteiger partial charge in [-0.25, -0.2) is 9.98 Å². The SMILES string of the molecule is CCNC(=NCc1ncc(C(C)(C)C)o1)NCC.I. The molecule has 2 N–H and O–H groups in total. The molecule has 0 bridgehead atoms. The second kappa shape index (κ2) is 8.39. The summed E-state index contributed by atoms with van der Waals surface area (Å²) in [5, 5.41) is 6.32. The van der Waals surface area contributed by atoms with Crippen LogP contribution in [0, 0.1) is 0 Å². The van der Waals surface area contributed by atoms with Gasteiger partial charge < -0.3 is 15.1 Å². The summed E-state index contributed by atoms with van der Waals surface area (Å²) in [7, 11) is 0. The summed E-state index contributed by atoms with van der Waals surface area (Å²) in [5.74, 6) is 2.32. The summed E-state index contributed by atoms with van der Waals surface area (Å²) >= 11 is 0. The predicted molar refractivity (Wildman–Crippen MR) is 89.1 cm³/mol. The molecule has 0 aliphatic heterocycles. The van der Waals surface area contributed by atoms with E-state index in [0.29, 0.717) is 12.4 Å². The first-order valence-corrected chi connectivity index (χ1v) is 6.44. The van der Waals surface area contributed by atoms with E-state index in [1.165, 1.54) is 0 Å². The highest BCUT2D eigenvalue weighted by molar-refractivity contribution is 14.0. The Morgan fingerprint density at radius 1 is 1.26 bits per heavy atom. The Balaban J connectivity index is 0.00000324. The van der Waals surface area contributed by atoms with E-state index < -0.39 is 0 Å². The van der Waals surface area contributed by atoms with E-state index in [1.54, 1.807) is 6.20 Å². The van der Waals surface area contributed by atoms with Gasteiger partial charge in [-0.1, -0.05) is 20.8 Å². The van der Waals surface area contributed by atoms with Crippen molar-refractivity contribution in [2.45, 2.75) is 46.6 Å². The molecule has 0 atom stereocenters. The fourth-order valence-electron chi connectivity index (χ4n) is 1.39. The first-order valence-electron chi connectivity index (χ1n) is 6.44. The molecule has 1 rings (SSSR count). The van der Waals surface area contributed by atoms with Gasteiger partial charge in [0.05, 0.1) is 6.20 Å². The Bertz CT molecular complexity index is 388. The zero-order chi connectivity index (χ0) is 13.6. The molecule has 0 saturated carbocycles. The lowest BCUT2D eigenvalue weighted by atomic mass is 9.94. The van der Waals surface area contributed by atoms with Crippen molar-refractivity contribution < 1.29 is 4.42 Å². The monoisotopic (exact) mass is 380 g/mol. The largest absolute Gasteiger partial charge is 0.443 e. The molecule has 0 aliphatic rings. The Morgan fingerprint density at radius 3 is 2.26 bits per heavy atom. The van der Waals surface area contributed by atoms with Crippen LogP contribution in [0.1, 0.15) is 46.3 Å². The van der Waals surface area contributed by atoms with E-state index >= 15 is 0 Å². The Kier molecular flexibility index (Phi) is 8.05. The lowest BCUT2D eigenvalue weighted by Gasteiger charge is -2.13. The number of hydrogen-bond acceptors (Lipinski definition) is 3. The van der Waals surface area contributed by atoms with Gasteiger partial charge in [-0.3, -0.25) is 0 Å². The molecule has 1 aromatic heterocycles. The van der Waals surface area contributed by atoms with Gasteiger partial charge in [0.25, 0.3) is 0 Å². The van der Waals surface area contributed by atoms with Crippen LogP contribution in [0.4, 0.5) is 0 Å². The van der Waals surface area contributed by atoms with Crippen molar-refractivity contribution in [1.82, 2.24) is 15.6 Å². The van der Waals surface area contributed by atoms with Crippen LogP contribution in [0.15, 0.2) is 15.6 Å². The van der Waals surface area contributed by atoms with Crippen LogP contribution in [-0.4, -0.2) is 24.0 Å². The lowest BCUT2D eigenvalue weighted by Crippen LogP contribution is -2.36. The lowest BCUT2D eigenvalue weighted by molar-refractivity contribution is 0.383. The summed E-state index contributed by atoms with van der Waals surface area (Å²) in [4.78, 5) is 8.65. The summed E-state index contributed by atoms with van der Waals surface area (Å²) in [6.45, 7) is 12.5. The first kappa shape index (κ1) is 18.2. The van der Waals surface area contributed by atoms with Crippen LogP contribution in [0.25, 0.3) is 0 Å². The maximum Gasteiger partial charge on any atom is 0.216 e. The second-order valence-corrected chi connectivity index (χ2v) is 5.09. The van der Waals surface area contributed by atoms with Gasteiger partial charge in [0.15, 0.2) is 5.96 Å². The fourth-order valence-corrected chi connectivity index (χ4v) is 1.39. The molecule has 110 valence electrons. The van der Waals surface area contributed by atoms with Gasteiger partial charge in [0, 0.05) is 18.5 Å². The molecule has 6 heteroatoms. The second-order valence-electron chi connectivity index (χ2n) is 5.09. The highest BCUT2D eigenvalue weighted by atomic mass is 127. The average Bonchev–Trinajstić information content (AvgIpc) is 2.75. The van der Waals surface area contributed by atoms with Crippen molar-refractivity contribution >= 4 is 29.9 Å². The van der Waals surface area contributed by atoms with E-state index in [4.69, 9.17) is 4.42 Å². The molecule has 0 saturated heterocycles. The van der Waals surface area contributed by atoms with Crippen molar-refractivity contribution in [3.63, 3.8) is 0 Å². The first-order chi connectivity index (χ1) is 8.47. The maximum atomic E-state index is 5.68. The van der Waals surface area contributed by atoms with Crippen molar-refractivity contribution in [2.24, 2.45) is 4.99 Å². The molecular formula is C13H25IN4O. The standard InChI is InChI=1S/C13H24N4O.HI/c1-6-14-12(15-7-2)17-9-11-16-8-10(18-11)13(3,4)5;/h8H,6-7,9H2,1-5H3,(H2,14,15,17);1H. The molecule has 0 radical (unpaired) electrons. The van der Waals surface area contributed by atoms with Gasteiger partial charge >= 0.3 is 0 Å².